The minimum Gasteiger partial charge on any atom is -0.460 e. The molecule has 5 atom stereocenters. The molecule has 2 aliphatic rings. The van der Waals surface area contributed by atoms with Crippen molar-refractivity contribution in [3.05, 3.63) is 30.1 Å². The number of nitrogens with one attached hydrogen (secondary N) is 1. The number of nitrogens with zero attached hydrogens (tertiary/aromatic N) is 1. The van der Waals surface area contributed by atoms with E-state index in [9.17, 15) is 14.7 Å². The number of alkyl carbamates (subject to hydrolysis) is 1. The molecule has 3 unspecified atom stereocenters. The monoisotopic (exact) mass is 418 g/mol. The van der Waals surface area contributed by atoms with Crippen LogP contribution in [-0.4, -0.2) is 39.9 Å². The fraction of sp³-hybridized carbons (Fsp3) is 0.696. The molecule has 0 spiro atoms. The van der Waals surface area contributed by atoms with Crippen molar-refractivity contribution in [2.45, 2.75) is 89.6 Å². The smallest absolute Gasteiger partial charge is 0.408 e. The zero-order valence-electron chi connectivity index (χ0n) is 18.2. The Kier molecular flexibility index (Phi) is 7.34. The molecule has 0 radical (unpaired) electrons. The van der Waals surface area contributed by atoms with Gasteiger partial charge in [0.15, 0.2) is 0 Å². The Morgan fingerprint density at radius 3 is 2.67 bits per heavy atom. The van der Waals surface area contributed by atoms with Gasteiger partial charge in [-0.2, -0.15) is 0 Å². The van der Waals surface area contributed by atoms with Gasteiger partial charge >= 0.3 is 12.1 Å². The molecule has 3 rings (SSSR count). The standard InChI is InChI=1S/C23H34N2O5/c1-23(2,3)30-22(28)25-18(19-7-8-20(26)29-19)14-15-5-4-6-17(13-15)21(27)16-9-11-24-12-10-16/h9-12,15,17-19,21,27H,4-8,13-14H2,1-3H3,(H,25,28)/t15?,17?,18-,19-,21?/m0/s1. The number of cyclic esters (lactones) is 1. The second-order valence-electron chi connectivity index (χ2n) is 9.57. The van der Waals surface area contributed by atoms with E-state index < -0.39 is 17.8 Å². The van der Waals surface area contributed by atoms with Crippen molar-refractivity contribution >= 4 is 12.1 Å². The van der Waals surface area contributed by atoms with Crippen LogP contribution in [0.15, 0.2) is 24.5 Å². The van der Waals surface area contributed by atoms with Gasteiger partial charge in [0.05, 0.1) is 12.1 Å². The number of esters is 1. The van der Waals surface area contributed by atoms with E-state index in [-0.39, 0.29) is 24.0 Å². The molecule has 166 valence electrons. The number of pyridine rings is 1. The van der Waals surface area contributed by atoms with Crippen molar-refractivity contribution in [3.8, 4) is 0 Å². The van der Waals surface area contributed by atoms with Gasteiger partial charge in [-0.3, -0.25) is 9.78 Å². The van der Waals surface area contributed by atoms with Crippen molar-refractivity contribution in [2.75, 3.05) is 0 Å². The third-order valence-electron chi connectivity index (χ3n) is 5.97. The van der Waals surface area contributed by atoms with E-state index in [0.29, 0.717) is 25.2 Å². The average Bonchev–Trinajstić information content (AvgIpc) is 3.13. The summed E-state index contributed by atoms with van der Waals surface area (Å²) in [6.45, 7) is 5.47. The summed E-state index contributed by atoms with van der Waals surface area (Å²) in [5.41, 5.74) is 0.301. The molecule has 1 aliphatic carbocycles. The van der Waals surface area contributed by atoms with Crippen molar-refractivity contribution in [1.82, 2.24) is 10.3 Å². The van der Waals surface area contributed by atoms with Gasteiger partial charge in [0, 0.05) is 18.8 Å². The van der Waals surface area contributed by atoms with Crippen molar-refractivity contribution in [3.63, 3.8) is 0 Å². The number of aliphatic hydroxyl groups is 1. The quantitative estimate of drug-likeness (QED) is 0.680. The van der Waals surface area contributed by atoms with Crippen molar-refractivity contribution in [2.24, 2.45) is 11.8 Å². The fourth-order valence-electron chi connectivity index (χ4n) is 4.62. The molecule has 1 saturated carbocycles. The number of ether oxygens (including phenoxy) is 2. The number of aliphatic hydroxyl groups excluding tert-OH is 1. The van der Waals surface area contributed by atoms with Crippen LogP contribution >= 0.6 is 0 Å². The van der Waals surface area contributed by atoms with Gasteiger partial charge < -0.3 is 19.9 Å². The van der Waals surface area contributed by atoms with Crippen LogP contribution in [0.25, 0.3) is 0 Å². The zero-order valence-corrected chi connectivity index (χ0v) is 18.2. The number of carbonyl (C=O) groups excluding carboxylic acids is 2. The number of aromatic nitrogens is 1. The minimum absolute atomic E-state index is 0.166. The summed E-state index contributed by atoms with van der Waals surface area (Å²) < 4.78 is 10.9. The van der Waals surface area contributed by atoms with Crippen LogP contribution in [0, 0.1) is 11.8 Å². The molecule has 1 amide bonds. The Morgan fingerprint density at radius 1 is 1.30 bits per heavy atom. The van der Waals surface area contributed by atoms with Gasteiger partial charge in [-0.1, -0.05) is 12.8 Å². The van der Waals surface area contributed by atoms with Gasteiger partial charge in [0.1, 0.15) is 11.7 Å². The molecule has 7 heteroatoms. The number of carbonyl (C=O) groups is 2. The topological polar surface area (TPSA) is 97.8 Å². The Bertz CT molecular complexity index is 718. The number of rotatable bonds is 6. The van der Waals surface area contributed by atoms with Crippen LogP contribution in [0.2, 0.25) is 0 Å². The van der Waals surface area contributed by atoms with Crippen molar-refractivity contribution in [1.29, 1.82) is 0 Å². The summed E-state index contributed by atoms with van der Waals surface area (Å²) in [7, 11) is 0. The molecule has 2 N–H and O–H groups in total. The normalized spacial score (nSPS) is 26.5. The molecule has 1 aliphatic heterocycles. The lowest BCUT2D eigenvalue weighted by Crippen LogP contribution is -2.46. The van der Waals surface area contributed by atoms with Gasteiger partial charge in [-0.25, -0.2) is 4.79 Å². The summed E-state index contributed by atoms with van der Waals surface area (Å²) in [6.07, 6.45) is 7.68. The molecule has 0 bridgehead atoms. The molecular weight excluding hydrogens is 384 g/mol. The SMILES string of the molecule is CC(C)(C)OC(=O)N[C@@H](CC1CCCC(C(O)c2ccncc2)C1)[C@@H]1CCC(=O)O1. The van der Waals surface area contributed by atoms with E-state index in [1.807, 2.05) is 32.9 Å². The molecule has 2 heterocycles. The molecule has 30 heavy (non-hydrogen) atoms. The van der Waals surface area contributed by atoms with E-state index in [2.05, 4.69) is 10.3 Å². The van der Waals surface area contributed by atoms with Crippen LogP contribution in [0.3, 0.4) is 0 Å². The minimum atomic E-state index is -0.592. The maximum Gasteiger partial charge on any atom is 0.408 e. The molecule has 0 aromatic carbocycles. The molecule has 7 nitrogen and oxygen atoms in total. The summed E-state index contributed by atoms with van der Waals surface area (Å²) in [4.78, 5) is 28.1. The summed E-state index contributed by atoms with van der Waals surface area (Å²) in [6, 6.07) is 3.44. The summed E-state index contributed by atoms with van der Waals surface area (Å²) >= 11 is 0. The molecular formula is C23H34N2O5. The van der Waals surface area contributed by atoms with Gasteiger partial charge in [-0.05, 0) is 76.0 Å². The Labute approximate surface area is 178 Å². The first-order valence-corrected chi connectivity index (χ1v) is 11.0. The molecule has 2 fully saturated rings. The lowest BCUT2D eigenvalue weighted by molar-refractivity contribution is -0.142. The van der Waals surface area contributed by atoms with Gasteiger partial charge in [0.2, 0.25) is 0 Å². The Hall–Kier alpha value is -2.15. The highest BCUT2D eigenvalue weighted by atomic mass is 16.6. The summed E-state index contributed by atoms with van der Waals surface area (Å²) in [5, 5.41) is 13.8. The lowest BCUT2D eigenvalue weighted by Gasteiger charge is -2.35. The molecule has 1 saturated heterocycles. The first kappa shape index (κ1) is 22.5. The van der Waals surface area contributed by atoms with Crippen LogP contribution in [0.5, 0.6) is 0 Å². The fourth-order valence-corrected chi connectivity index (χ4v) is 4.62. The largest absolute Gasteiger partial charge is 0.460 e. The second-order valence-corrected chi connectivity index (χ2v) is 9.57. The van der Waals surface area contributed by atoms with E-state index in [1.54, 1.807) is 12.4 Å². The highest BCUT2D eigenvalue weighted by molar-refractivity contribution is 5.72. The Morgan fingerprint density at radius 2 is 2.03 bits per heavy atom. The highest BCUT2D eigenvalue weighted by Crippen LogP contribution is 2.39. The maximum atomic E-state index is 12.4. The number of amides is 1. The average molecular weight is 419 g/mol. The highest BCUT2D eigenvalue weighted by Gasteiger charge is 2.37. The van der Waals surface area contributed by atoms with E-state index in [1.165, 1.54) is 0 Å². The van der Waals surface area contributed by atoms with Crippen LogP contribution in [0.4, 0.5) is 4.79 Å². The third kappa shape index (κ3) is 6.42. The first-order valence-electron chi connectivity index (χ1n) is 11.0. The first-order chi connectivity index (χ1) is 14.2. The van der Waals surface area contributed by atoms with Gasteiger partial charge in [-0.15, -0.1) is 0 Å². The number of hydrogen-bond donors (Lipinski definition) is 2. The predicted molar refractivity (Wildman–Crippen MR) is 112 cm³/mol. The van der Waals surface area contributed by atoms with Crippen molar-refractivity contribution < 1.29 is 24.2 Å². The van der Waals surface area contributed by atoms with Crippen LogP contribution < -0.4 is 5.32 Å². The molecule has 1 aromatic rings. The van der Waals surface area contributed by atoms with Gasteiger partial charge in [0.25, 0.3) is 0 Å². The van der Waals surface area contributed by atoms with Crippen LogP contribution in [0.1, 0.15) is 77.4 Å². The summed E-state index contributed by atoms with van der Waals surface area (Å²) in [5.74, 6) is 0.282. The van der Waals surface area contributed by atoms with E-state index in [0.717, 1.165) is 31.2 Å². The predicted octanol–water partition coefficient (Wildman–Crippen LogP) is 3.91. The number of hydrogen-bond acceptors (Lipinski definition) is 6. The second kappa shape index (κ2) is 9.77. The zero-order chi connectivity index (χ0) is 21.7. The van der Waals surface area contributed by atoms with E-state index in [4.69, 9.17) is 9.47 Å². The lowest BCUT2D eigenvalue weighted by atomic mass is 9.74. The third-order valence-corrected chi connectivity index (χ3v) is 5.97. The van der Waals surface area contributed by atoms with E-state index >= 15 is 0 Å². The maximum absolute atomic E-state index is 12.4. The molecule has 1 aromatic heterocycles. The Balaban J connectivity index is 1.64. The van der Waals surface area contributed by atoms with Crippen LogP contribution in [-0.2, 0) is 14.3 Å².